The fourth-order valence-electron chi connectivity index (χ4n) is 8.44. The van der Waals surface area contributed by atoms with E-state index in [0.717, 1.165) is 75.5 Å². The number of pyridine rings is 1. The van der Waals surface area contributed by atoms with Gasteiger partial charge in [0.25, 0.3) is 17.4 Å². The minimum atomic E-state index is -0.626. The van der Waals surface area contributed by atoms with Crippen molar-refractivity contribution in [3.63, 3.8) is 0 Å². The first-order valence-corrected chi connectivity index (χ1v) is 19.7. The van der Waals surface area contributed by atoms with E-state index in [2.05, 4.69) is 38.5 Å². The van der Waals surface area contributed by atoms with Gasteiger partial charge in [-0.1, -0.05) is 12.1 Å². The number of hydrogen-bond acceptors (Lipinski definition) is 8. The highest BCUT2D eigenvalue weighted by atomic mass is 16.5. The van der Waals surface area contributed by atoms with E-state index in [9.17, 15) is 19.2 Å². The van der Waals surface area contributed by atoms with E-state index in [-0.39, 0.29) is 41.1 Å². The number of amides is 3. The number of piperidine rings is 2. The molecule has 4 fully saturated rings. The molecule has 2 saturated carbocycles. The van der Waals surface area contributed by atoms with E-state index in [1.165, 1.54) is 12.0 Å². The first kappa shape index (κ1) is 36.0. The zero-order chi connectivity index (χ0) is 37.3. The Hall–Kier alpha value is -4.97. The Balaban J connectivity index is 0.873. The van der Waals surface area contributed by atoms with Gasteiger partial charge in [-0.05, 0) is 119 Å². The molecule has 8 rings (SSSR count). The summed E-state index contributed by atoms with van der Waals surface area (Å²) in [7, 11) is 0. The second-order valence-corrected chi connectivity index (χ2v) is 15.9. The highest BCUT2D eigenvalue weighted by Crippen LogP contribution is 2.37. The van der Waals surface area contributed by atoms with Gasteiger partial charge in [0, 0.05) is 55.8 Å². The van der Waals surface area contributed by atoms with Crippen LogP contribution in [0.1, 0.15) is 112 Å². The number of carbonyl (C=O) groups excluding carboxylic acids is 3. The summed E-state index contributed by atoms with van der Waals surface area (Å²) in [4.78, 5) is 52.9. The van der Waals surface area contributed by atoms with E-state index in [1.54, 1.807) is 22.9 Å². The van der Waals surface area contributed by atoms with Crippen molar-refractivity contribution in [2.45, 2.75) is 108 Å². The molecule has 2 N–H and O–H groups in total. The smallest absolute Gasteiger partial charge is 0.274 e. The van der Waals surface area contributed by atoms with Gasteiger partial charge in [-0.25, -0.2) is 0 Å². The number of carbonyl (C=O) groups is 3. The Bertz CT molecular complexity index is 2080. The van der Waals surface area contributed by atoms with Crippen LogP contribution in [0.25, 0.3) is 10.9 Å². The highest BCUT2D eigenvalue weighted by Gasteiger charge is 2.30. The molecule has 2 saturated heterocycles. The Morgan fingerprint density at radius 3 is 2.48 bits per heavy atom. The van der Waals surface area contributed by atoms with Gasteiger partial charge >= 0.3 is 0 Å². The summed E-state index contributed by atoms with van der Waals surface area (Å²) in [6, 6.07) is 15.8. The van der Waals surface area contributed by atoms with Crippen LogP contribution in [0.5, 0.6) is 11.5 Å². The maximum absolute atomic E-state index is 13.6. The number of imide groups is 1. The maximum atomic E-state index is 13.6. The third kappa shape index (κ3) is 8.08. The number of nitrogens with zero attached hydrogens (tertiary/aromatic N) is 4. The molecule has 0 radical (unpaired) electrons. The fraction of sp³-hybridized carbons (Fsp3) is 0.500. The van der Waals surface area contributed by atoms with Gasteiger partial charge in [-0.3, -0.25) is 29.2 Å². The van der Waals surface area contributed by atoms with E-state index in [0.29, 0.717) is 47.8 Å². The molecule has 12 nitrogen and oxygen atoms in total. The normalized spacial score (nSPS) is 23.7. The molecule has 54 heavy (non-hydrogen) atoms. The van der Waals surface area contributed by atoms with Crippen LogP contribution in [0.15, 0.2) is 65.7 Å². The largest absolute Gasteiger partial charge is 0.490 e. The van der Waals surface area contributed by atoms with E-state index in [4.69, 9.17) is 14.6 Å². The van der Waals surface area contributed by atoms with Crippen LogP contribution in [0, 0.1) is 5.92 Å². The van der Waals surface area contributed by atoms with Crippen LogP contribution in [0.2, 0.25) is 0 Å². The lowest BCUT2D eigenvalue weighted by molar-refractivity contribution is -0.138. The number of aromatic nitrogens is 3. The average Bonchev–Trinajstić information content (AvgIpc) is 3.92. The fourth-order valence-corrected chi connectivity index (χ4v) is 8.44. The number of likely N-dealkylation sites (tertiary alicyclic amines) is 1. The highest BCUT2D eigenvalue weighted by molar-refractivity contribution is 6.08. The molecule has 0 bridgehead atoms. The van der Waals surface area contributed by atoms with Crippen molar-refractivity contribution in [2.75, 3.05) is 25.0 Å². The van der Waals surface area contributed by atoms with Crippen LogP contribution >= 0.6 is 0 Å². The molecule has 4 heterocycles. The summed E-state index contributed by atoms with van der Waals surface area (Å²) in [5.41, 5.74) is 2.55. The van der Waals surface area contributed by atoms with Crippen molar-refractivity contribution in [2.24, 2.45) is 5.92 Å². The van der Waals surface area contributed by atoms with Crippen LogP contribution in [0.3, 0.4) is 0 Å². The predicted molar refractivity (Wildman–Crippen MR) is 205 cm³/mol. The molecular formula is C42H50N6O6. The molecule has 2 atom stereocenters. The van der Waals surface area contributed by atoms with Crippen LogP contribution in [0.4, 0.5) is 5.69 Å². The number of fused-ring (bicyclic) bond motifs is 1. The minimum Gasteiger partial charge on any atom is -0.490 e. The van der Waals surface area contributed by atoms with Gasteiger partial charge in [0.15, 0.2) is 6.10 Å². The SMILES string of the molecule is CC(C)Oc1cc2nn([C@H]3CC[C@H](CN4CCCC(c5ccc(OC6CCC(=O)NC6=O)cc5)C4)CC3)cc2cc1C(=O)Nc1cccn(C2CC2)c1=O. The second kappa shape index (κ2) is 15.4. The summed E-state index contributed by atoms with van der Waals surface area (Å²) in [6.45, 7) is 7.12. The first-order valence-electron chi connectivity index (χ1n) is 19.7. The lowest BCUT2D eigenvalue weighted by atomic mass is 9.84. The number of nitrogens with one attached hydrogen (secondary N) is 2. The van der Waals surface area contributed by atoms with Crippen LogP contribution in [-0.4, -0.2) is 68.8 Å². The molecule has 2 aromatic carbocycles. The summed E-state index contributed by atoms with van der Waals surface area (Å²) in [5, 5.41) is 11.1. The monoisotopic (exact) mass is 734 g/mol. The quantitative estimate of drug-likeness (QED) is 0.170. The third-order valence-electron chi connectivity index (χ3n) is 11.4. The van der Waals surface area contributed by atoms with Crippen molar-refractivity contribution in [1.29, 1.82) is 0 Å². The van der Waals surface area contributed by atoms with Crippen molar-refractivity contribution < 1.29 is 23.9 Å². The zero-order valence-electron chi connectivity index (χ0n) is 31.2. The van der Waals surface area contributed by atoms with Gasteiger partial charge < -0.3 is 24.3 Å². The van der Waals surface area contributed by atoms with Crippen molar-refractivity contribution in [3.8, 4) is 11.5 Å². The van der Waals surface area contributed by atoms with E-state index in [1.807, 2.05) is 38.1 Å². The molecule has 2 aliphatic heterocycles. The molecule has 3 amide bonds. The van der Waals surface area contributed by atoms with E-state index >= 15 is 0 Å². The molecule has 0 spiro atoms. The van der Waals surface area contributed by atoms with Crippen LogP contribution in [-0.2, 0) is 9.59 Å². The van der Waals surface area contributed by atoms with Gasteiger partial charge in [0.2, 0.25) is 5.91 Å². The summed E-state index contributed by atoms with van der Waals surface area (Å²) >= 11 is 0. The maximum Gasteiger partial charge on any atom is 0.274 e. The lowest BCUT2D eigenvalue weighted by Crippen LogP contribution is -2.46. The van der Waals surface area contributed by atoms with Gasteiger partial charge in [-0.2, -0.15) is 5.10 Å². The predicted octanol–water partition coefficient (Wildman–Crippen LogP) is 6.37. The Morgan fingerprint density at radius 1 is 0.963 bits per heavy atom. The topological polar surface area (TPSA) is 137 Å². The van der Waals surface area contributed by atoms with E-state index < -0.39 is 6.10 Å². The first-order chi connectivity index (χ1) is 26.2. The average molecular weight is 735 g/mol. The summed E-state index contributed by atoms with van der Waals surface area (Å²) in [6.07, 6.45) is 12.4. The molecule has 284 valence electrons. The van der Waals surface area contributed by atoms with Crippen molar-refractivity contribution in [3.05, 3.63) is 82.4 Å². The number of hydrogen-bond donors (Lipinski definition) is 2. The molecule has 2 aliphatic carbocycles. The molecule has 2 aromatic heterocycles. The van der Waals surface area contributed by atoms with Gasteiger partial charge in [-0.15, -0.1) is 0 Å². The molecule has 2 unspecified atom stereocenters. The number of benzene rings is 2. The van der Waals surface area contributed by atoms with Crippen LogP contribution < -0.4 is 25.7 Å². The number of anilines is 1. The summed E-state index contributed by atoms with van der Waals surface area (Å²) < 4.78 is 15.8. The Morgan fingerprint density at radius 2 is 1.74 bits per heavy atom. The van der Waals surface area contributed by atoms with Crippen molar-refractivity contribution >= 4 is 34.3 Å². The number of rotatable bonds is 11. The molecule has 4 aromatic rings. The second-order valence-electron chi connectivity index (χ2n) is 15.9. The summed E-state index contributed by atoms with van der Waals surface area (Å²) in [5.74, 6) is 1.23. The molecular weight excluding hydrogens is 684 g/mol. The van der Waals surface area contributed by atoms with Gasteiger partial charge in [0.05, 0.1) is 23.2 Å². The minimum absolute atomic E-state index is 0.141. The third-order valence-corrected chi connectivity index (χ3v) is 11.4. The van der Waals surface area contributed by atoms with Crippen molar-refractivity contribution in [1.82, 2.24) is 24.6 Å². The standard InChI is InChI=1S/C42H50N6O6/c1-26(2)53-38-22-36-30(21-34(38)40(50)43-35-6-4-20-47(42(35)52)31-13-14-31)25-48(45-36)32-11-7-27(8-12-32)23-46-19-3-5-29(24-46)28-9-15-33(16-10-28)54-37-17-18-39(49)44-41(37)51/h4,6,9-10,15-16,20-22,25-27,29,31-32,37H,3,5,7-8,11-14,17-19,23-24H2,1-2H3,(H,43,50)(H,44,49,51)/t27-,29?,32-,37?. The van der Waals surface area contributed by atoms with Gasteiger partial charge in [0.1, 0.15) is 17.2 Å². The number of ether oxygens (including phenoxy) is 2. The molecule has 4 aliphatic rings. The zero-order valence-corrected chi connectivity index (χ0v) is 31.2. The Labute approximate surface area is 315 Å². The lowest BCUT2D eigenvalue weighted by Gasteiger charge is -2.37. The Kier molecular flexibility index (Phi) is 10.3. The molecule has 12 heteroatoms.